The van der Waals surface area contributed by atoms with Gasteiger partial charge >= 0.3 is 0 Å². The summed E-state index contributed by atoms with van der Waals surface area (Å²) in [7, 11) is 0. The van der Waals surface area contributed by atoms with E-state index in [-0.39, 0.29) is 5.91 Å². The molecular formula is C23H27N3O. The number of benzene rings is 2. The molecule has 0 spiro atoms. The lowest BCUT2D eigenvalue weighted by molar-refractivity contribution is 0.0755. The Morgan fingerprint density at radius 3 is 2.19 bits per heavy atom. The van der Waals surface area contributed by atoms with Gasteiger partial charge in [0.1, 0.15) is 0 Å². The number of aryl methyl sites for hydroxylation is 1. The summed E-state index contributed by atoms with van der Waals surface area (Å²) in [6, 6.07) is 20.1. The highest BCUT2D eigenvalue weighted by Crippen LogP contribution is 2.24. The van der Waals surface area contributed by atoms with Crippen LogP contribution in [0.25, 0.3) is 16.9 Å². The number of carbonyl (C=O) groups is 1. The summed E-state index contributed by atoms with van der Waals surface area (Å²) in [5.41, 5.74) is 4.81. The van der Waals surface area contributed by atoms with Gasteiger partial charge in [-0.3, -0.25) is 4.79 Å². The van der Waals surface area contributed by atoms with Crippen molar-refractivity contribution in [1.82, 2.24) is 14.7 Å². The molecule has 0 unspecified atom stereocenters. The molecule has 0 aliphatic rings. The maximum Gasteiger partial charge on any atom is 0.253 e. The van der Waals surface area contributed by atoms with E-state index in [1.54, 1.807) is 0 Å². The number of carbonyl (C=O) groups excluding carboxylic acids is 1. The number of aromatic nitrogens is 2. The van der Waals surface area contributed by atoms with Crippen molar-refractivity contribution in [3.05, 3.63) is 71.9 Å². The Kier molecular flexibility index (Phi) is 6.07. The first-order chi connectivity index (χ1) is 13.1. The van der Waals surface area contributed by atoms with Crippen LogP contribution in [-0.2, 0) is 0 Å². The zero-order valence-corrected chi connectivity index (χ0v) is 16.4. The first-order valence-electron chi connectivity index (χ1n) is 9.65. The fourth-order valence-corrected chi connectivity index (χ4v) is 3.29. The largest absolute Gasteiger partial charge is 0.339 e. The van der Waals surface area contributed by atoms with Gasteiger partial charge in [0, 0.05) is 24.2 Å². The number of hydrogen-bond donors (Lipinski definition) is 0. The highest BCUT2D eigenvalue weighted by molar-refractivity contribution is 5.94. The van der Waals surface area contributed by atoms with Gasteiger partial charge in [0.05, 0.1) is 17.1 Å². The average molecular weight is 361 g/mol. The zero-order chi connectivity index (χ0) is 19.2. The Hall–Kier alpha value is -2.88. The molecule has 0 aliphatic carbocycles. The van der Waals surface area contributed by atoms with Gasteiger partial charge in [-0.15, -0.1) is 0 Å². The van der Waals surface area contributed by atoms with Gasteiger partial charge in [0.25, 0.3) is 5.91 Å². The fourth-order valence-electron chi connectivity index (χ4n) is 3.29. The van der Waals surface area contributed by atoms with Gasteiger partial charge in [-0.05, 0) is 50.1 Å². The number of nitrogens with zero attached hydrogens (tertiary/aromatic N) is 3. The molecule has 0 saturated carbocycles. The van der Waals surface area contributed by atoms with E-state index in [1.165, 1.54) is 0 Å². The van der Waals surface area contributed by atoms with E-state index in [0.717, 1.165) is 54.1 Å². The van der Waals surface area contributed by atoms with Crippen LogP contribution in [0.3, 0.4) is 0 Å². The van der Waals surface area contributed by atoms with Crippen molar-refractivity contribution in [2.45, 2.75) is 33.6 Å². The van der Waals surface area contributed by atoms with E-state index >= 15 is 0 Å². The molecular weight excluding hydrogens is 334 g/mol. The Bertz CT molecular complexity index is 876. The van der Waals surface area contributed by atoms with Crippen LogP contribution in [-0.4, -0.2) is 33.7 Å². The second-order valence-corrected chi connectivity index (χ2v) is 6.79. The zero-order valence-electron chi connectivity index (χ0n) is 16.4. The Balaban J connectivity index is 1.89. The minimum absolute atomic E-state index is 0.102. The number of amides is 1. The first-order valence-corrected chi connectivity index (χ1v) is 9.65. The molecule has 27 heavy (non-hydrogen) atoms. The van der Waals surface area contributed by atoms with Crippen molar-refractivity contribution >= 4 is 5.91 Å². The summed E-state index contributed by atoms with van der Waals surface area (Å²) in [5, 5.41) is 4.65. The molecule has 2 aromatic carbocycles. The van der Waals surface area contributed by atoms with Crippen LogP contribution in [0.5, 0.6) is 0 Å². The maximum atomic E-state index is 12.8. The molecule has 4 nitrogen and oxygen atoms in total. The lowest BCUT2D eigenvalue weighted by atomic mass is 10.1. The summed E-state index contributed by atoms with van der Waals surface area (Å²) in [4.78, 5) is 14.7. The average Bonchev–Trinajstić information content (AvgIpc) is 3.10. The maximum absolute atomic E-state index is 12.8. The van der Waals surface area contributed by atoms with Gasteiger partial charge in [0.15, 0.2) is 0 Å². The molecule has 0 aliphatic heterocycles. The molecule has 0 fully saturated rings. The second kappa shape index (κ2) is 8.67. The molecule has 1 heterocycles. The van der Waals surface area contributed by atoms with Crippen LogP contribution in [0.4, 0.5) is 0 Å². The molecule has 4 heteroatoms. The first kappa shape index (κ1) is 18.9. The van der Waals surface area contributed by atoms with Crippen molar-refractivity contribution in [3.8, 4) is 16.9 Å². The second-order valence-electron chi connectivity index (χ2n) is 6.79. The van der Waals surface area contributed by atoms with Crippen molar-refractivity contribution in [1.29, 1.82) is 0 Å². The lowest BCUT2D eigenvalue weighted by Crippen LogP contribution is -2.32. The van der Waals surface area contributed by atoms with E-state index in [9.17, 15) is 4.79 Å². The lowest BCUT2D eigenvalue weighted by Gasteiger charge is -2.21. The molecule has 1 aromatic heterocycles. The third kappa shape index (κ3) is 4.27. The van der Waals surface area contributed by atoms with Crippen molar-refractivity contribution < 1.29 is 4.79 Å². The number of rotatable bonds is 7. The predicted molar refractivity (Wildman–Crippen MR) is 110 cm³/mol. The topological polar surface area (TPSA) is 38.1 Å². The van der Waals surface area contributed by atoms with Crippen LogP contribution in [0, 0.1) is 6.92 Å². The fraction of sp³-hybridized carbons (Fsp3) is 0.304. The Morgan fingerprint density at radius 1 is 0.963 bits per heavy atom. The normalized spacial score (nSPS) is 10.8. The molecule has 1 amide bonds. The molecule has 140 valence electrons. The summed E-state index contributed by atoms with van der Waals surface area (Å²) >= 11 is 0. The van der Waals surface area contributed by atoms with Gasteiger partial charge in [0.2, 0.25) is 0 Å². The predicted octanol–water partition coefficient (Wildman–Crippen LogP) is 5.11. The monoisotopic (exact) mass is 361 g/mol. The van der Waals surface area contributed by atoms with Crippen LogP contribution in [0.2, 0.25) is 0 Å². The molecule has 0 saturated heterocycles. The summed E-state index contributed by atoms with van der Waals surface area (Å²) in [5.74, 6) is 0.102. The summed E-state index contributed by atoms with van der Waals surface area (Å²) < 4.78 is 1.94. The van der Waals surface area contributed by atoms with Crippen LogP contribution in [0.15, 0.2) is 60.7 Å². The van der Waals surface area contributed by atoms with Crippen molar-refractivity contribution in [2.24, 2.45) is 0 Å². The third-order valence-corrected chi connectivity index (χ3v) is 4.53. The molecule has 0 radical (unpaired) electrons. The van der Waals surface area contributed by atoms with Crippen LogP contribution < -0.4 is 0 Å². The van der Waals surface area contributed by atoms with Gasteiger partial charge in [-0.25, -0.2) is 4.68 Å². The number of hydrogen-bond acceptors (Lipinski definition) is 2. The molecule has 0 N–H and O–H groups in total. The van der Waals surface area contributed by atoms with Crippen LogP contribution in [0.1, 0.15) is 42.7 Å². The summed E-state index contributed by atoms with van der Waals surface area (Å²) in [6.07, 6.45) is 1.94. The van der Waals surface area contributed by atoms with E-state index in [0.29, 0.717) is 0 Å². The van der Waals surface area contributed by atoms with Crippen molar-refractivity contribution in [2.75, 3.05) is 13.1 Å². The smallest absolute Gasteiger partial charge is 0.253 e. The molecule has 3 aromatic rings. The highest BCUT2D eigenvalue weighted by atomic mass is 16.2. The Labute approximate surface area is 161 Å². The standard InChI is InChI=1S/C23H27N3O/c1-4-15-25(16-5-2)23(27)20-11-13-21(14-12-20)26-22(17-18(3)24-26)19-9-7-6-8-10-19/h6-14,17H,4-5,15-16H2,1-3H3. The van der Waals surface area contributed by atoms with E-state index in [2.05, 4.69) is 37.1 Å². The highest BCUT2D eigenvalue weighted by Gasteiger charge is 2.15. The third-order valence-electron chi connectivity index (χ3n) is 4.53. The van der Waals surface area contributed by atoms with Gasteiger partial charge in [-0.1, -0.05) is 44.2 Å². The van der Waals surface area contributed by atoms with Gasteiger partial charge in [-0.2, -0.15) is 5.10 Å². The Morgan fingerprint density at radius 2 is 1.59 bits per heavy atom. The van der Waals surface area contributed by atoms with E-state index in [1.807, 2.05) is 59.0 Å². The minimum Gasteiger partial charge on any atom is -0.339 e. The van der Waals surface area contributed by atoms with Crippen molar-refractivity contribution in [3.63, 3.8) is 0 Å². The summed E-state index contributed by atoms with van der Waals surface area (Å²) in [6.45, 7) is 7.79. The quantitative estimate of drug-likeness (QED) is 0.586. The van der Waals surface area contributed by atoms with E-state index in [4.69, 9.17) is 0 Å². The minimum atomic E-state index is 0.102. The van der Waals surface area contributed by atoms with Gasteiger partial charge < -0.3 is 4.90 Å². The SMILES string of the molecule is CCCN(CCC)C(=O)c1ccc(-n2nc(C)cc2-c2ccccc2)cc1. The van der Waals surface area contributed by atoms with E-state index < -0.39 is 0 Å². The molecule has 0 atom stereocenters. The molecule has 0 bridgehead atoms. The van der Waals surface area contributed by atoms with Crippen LogP contribution >= 0.6 is 0 Å². The molecule has 3 rings (SSSR count).